The second-order valence-corrected chi connectivity index (χ2v) is 4.99. The maximum atomic E-state index is 11.5. The number of aromatic nitrogens is 2. The number of carboxylic acids is 1. The average Bonchev–Trinajstić information content (AvgIpc) is 2.27. The first kappa shape index (κ1) is 15.2. The number of aromatic amines is 1. The van der Waals surface area contributed by atoms with Gasteiger partial charge in [0.25, 0.3) is 0 Å². The molecule has 0 aromatic carbocycles. The Labute approximate surface area is 113 Å². The van der Waals surface area contributed by atoms with Gasteiger partial charge < -0.3 is 14.8 Å². The molecule has 8 heteroatoms. The van der Waals surface area contributed by atoms with Crippen molar-refractivity contribution in [2.45, 2.75) is 31.0 Å². The Kier molecular flexibility index (Phi) is 5.11. The van der Waals surface area contributed by atoms with Gasteiger partial charge in [0, 0.05) is 5.69 Å². The molecule has 0 aliphatic heterocycles. The number of aryl methyl sites for hydroxylation is 1. The van der Waals surface area contributed by atoms with Gasteiger partial charge in [-0.2, -0.15) is 4.98 Å². The quantitative estimate of drug-likeness (QED) is 0.468. The second-order valence-electron chi connectivity index (χ2n) is 3.66. The van der Waals surface area contributed by atoms with Gasteiger partial charge in [-0.1, -0.05) is 11.8 Å². The van der Waals surface area contributed by atoms with Crippen LogP contribution < -0.4 is 5.69 Å². The first-order valence-electron chi connectivity index (χ1n) is 5.54. The molecule has 1 atom stereocenters. The van der Waals surface area contributed by atoms with Crippen LogP contribution in [0.2, 0.25) is 0 Å². The number of nitrogens with one attached hydrogen (secondary N) is 1. The van der Waals surface area contributed by atoms with Crippen LogP contribution in [0.15, 0.2) is 9.82 Å². The minimum absolute atomic E-state index is 0.00861. The first-order chi connectivity index (χ1) is 8.86. The van der Waals surface area contributed by atoms with Gasteiger partial charge in [-0.25, -0.2) is 9.59 Å². The van der Waals surface area contributed by atoms with Crippen molar-refractivity contribution in [3.05, 3.63) is 21.7 Å². The molecule has 0 fully saturated rings. The van der Waals surface area contributed by atoms with Crippen LogP contribution in [0, 0.1) is 6.92 Å². The van der Waals surface area contributed by atoms with Crippen molar-refractivity contribution in [1.29, 1.82) is 0 Å². The molecule has 7 nitrogen and oxygen atoms in total. The molecule has 2 N–H and O–H groups in total. The highest BCUT2D eigenvalue weighted by molar-refractivity contribution is 8.00. The highest BCUT2D eigenvalue weighted by Gasteiger charge is 2.22. The molecule has 0 saturated heterocycles. The standard InChI is InChI=1S/C11H14N2O5S/c1-4-18-10(16)6(3)19-8-7(9(14)15)5(2)12-11(17)13-8/h6H,4H2,1-3H3,(H,14,15)(H,12,13,17). The number of carboxylic acid groups (broad SMARTS) is 1. The largest absolute Gasteiger partial charge is 0.478 e. The molecule has 0 spiro atoms. The van der Waals surface area contributed by atoms with Crippen molar-refractivity contribution >= 4 is 23.7 Å². The van der Waals surface area contributed by atoms with Crippen molar-refractivity contribution < 1.29 is 19.4 Å². The van der Waals surface area contributed by atoms with E-state index in [4.69, 9.17) is 9.84 Å². The van der Waals surface area contributed by atoms with Gasteiger partial charge in [-0.05, 0) is 20.8 Å². The Hall–Kier alpha value is -1.83. The van der Waals surface area contributed by atoms with Crippen LogP contribution in [0.3, 0.4) is 0 Å². The fourth-order valence-corrected chi connectivity index (χ4v) is 2.36. The van der Waals surface area contributed by atoms with Crippen LogP contribution in [-0.2, 0) is 9.53 Å². The summed E-state index contributed by atoms with van der Waals surface area (Å²) in [4.78, 5) is 39.8. The molecular formula is C11H14N2O5S. The summed E-state index contributed by atoms with van der Waals surface area (Å²) in [7, 11) is 0. The third-order valence-electron chi connectivity index (χ3n) is 2.21. The lowest BCUT2D eigenvalue weighted by Gasteiger charge is -2.11. The molecular weight excluding hydrogens is 272 g/mol. The van der Waals surface area contributed by atoms with E-state index in [1.807, 2.05) is 0 Å². The summed E-state index contributed by atoms with van der Waals surface area (Å²) in [5, 5.41) is 8.46. The van der Waals surface area contributed by atoms with Crippen LogP contribution in [0.5, 0.6) is 0 Å². The number of nitrogens with zero attached hydrogens (tertiary/aromatic N) is 1. The summed E-state index contributed by atoms with van der Waals surface area (Å²) in [6.45, 7) is 4.93. The Morgan fingerprint density at radius 3 is 2.68 bits per heavy atom. The van der Waals surface area contributed by atoms with E-state index in [1.165, 1.54) is 6.92 Å². The van der Waals surface area contributed by atoms with Gasteiger partial charge in [-0.3, -0.25) is 4.79 Å². The number of hydrogen-bond acceptors (Lipinski definition) is 6. The summed E-state index contributed by atoms with van der Waals surface area (Å²) in [5.41, 5.74) is -0.562. The Morgan fingerprint density at radius 2 is 2.16 bits per heavy atom. The summed E-state index contributed by atoms with van der Waals surface area (Å²) < 4.78 is 4.82. The number of rotatable bonds is 5. The fourth-order valence-electron chi connectivity index (χ4n) is 1.37. The number of hydrogen-bond donors (Lipinski definition) is 2. The summed E-state index contributed by atoms with van der Waals surface area (Å²) in [5.74, 6) is -1.69. The zero-order chi connectivity index (χ0) is 14.6. The lowest BCUT2D eigenvalue weighted by molar-refractivity contribution is -0.142. The Bertz CT molecular complexity index is 555. The molecule has 0 amide bonds. The predicted octanol–water partition coefficient (Wildman–Crippen LogP) is 0.820. The number of H-pyrrole nitrogens is 1. The minimum atomic E-state index is -1.21. The van der Waals surface area contributed by atoms with E-state index in [0.29, 0.717) is 0 Å². The van der Waals surface area contributed by atoms with E-state index in [2.05, 4.69) is 9.97 Å². The van der Waals surface area contributed by atoms with Gasteiger partial charge in [0.05, 0.1) is 6.61 Å². The lowest BCUT2D eigenvalue weighted by atomic mass is 10.2. The van der Waals surface area contributed by atoms with Crippen LogP contribution in [0.1, 0.15) is 29.9 Å². The second kappa shape index (κ2) is 6.37. The van der Waals surface area contributed by atoms with Gasteiger partial charge in [0.2, 0.25) is 0 Å². The highest BCUT2D eigenvalue weighted by Crippen LogP contribution is 2.25. The summed E-state index contributed by atoms with van der Waals surface area (Å²) in [6, 6.07) is 0. The van der Waals surface area contributed by atoms with Gasteiger partial charge in [0.15, 0.2) is 0 Å². The molecule has 1 unspecified atom stereocenters. The van der Waals surface area contributed by atoms with Crippen LogP contribution in [-0.4, -0.2) is 38.9 Å². The SMILES string of the molecule is CCOC(=O)C(C)Sc1nc(=O)[nH]c(C)c1C(=O)O. The lowest BCUT2D eigenvalue weighted by Crippen LogP contribution is -2.21. The molecule has 1 aromatic rings. The smallest absolute Gasteiger partial charge is 0.346 e. The van der Waals surface area contributed by atoms with Gasteiger partial charge >= 0.3 is 17.6 Å². The number of carbonyl (C=O) groups excluding carboxylic acids is 1. The topological polar surface area (TPSA) is 109 Å². The third kappa shape index (κ3) is 3.82. The monoisotopic (exact) mass is 286 g/mol. The number of ether oxygens (including phenoxy) is 1. The molecule has 19 heavy (non-hydrogen) atoms. The Morgan fingerprint density at radius 1 is 1.53 bits per heavy atom. The fraction of sp³-hybridized carbons (Fsp3) is 0.455. The predicted molar refractivity (Wildman–Crippen MR) is 68.5 cm³/mol. The molecule has 0 radical (unpaired) electrons. The number of esters is 1. The van der Waals surface area contributed by atoms with Crippen molar-refractivity contribution in [3.8, 4) is 0 Å². The Balaban J connectivity index is 3.10. The van der Waals surface area contributed by atoms with Crippen LogP contribution in [0.4, 0.5) is 0 Å². The molecule has 0 bridgehead atoms. The molecule has 1 heterocycles. The number of carbonyl (C=O) groups is 2. The molecule has 104 valence electrons. The third-order valence-corrected chi connectivity index (χ3v) is 3.27. The van der Waals surface area contributed by atoms with E-state index in [9.17, 15) is 14.4 Å². The van der Waals surface area contributed by atoms with E-state index in [0.717, 1.165) is 11.8 Å². The maximum absolute atomic E-state index is 11.5. The highest BCUT2D eigenvalue weighted by atomic mass is 32.2. The normalized spacial score (nSPS) is 11.9. The first-order valence-corrected chi connectivity index (χ1v) is 6.42. The number of thioether (sulfide) groups is 1. The minimum Gasteiger partial charge on any atom is -0.478 e. The van der Waals surface area contributed by atoms with Crippen LogP contribution in [0.25, 0.3) is 0 Å². The van der Waals surface area contributed by atoms with E-state index < -0.39 is 22.9 Å². The molecule has 1 rings (SSSR count). The van der Waals surface area contributed by atoms with Crippen molar-refractivity contribution in [2.75, 3.05) is 6.61 Å². The summed E-state index contributed by atoms with van der Waals surface area (Å²) in [6.07, 6.45) is 0. The average molecular weight is 286 g/mol. The molecule has 0 aliphatic carbocycles. The van der Waals surface area contributed by atoms with Crippen LogP contribution >= 0.6 is 11.8 Å². The van der Waals surface area contributed by atoms with Gasteiger partial charge in [-0.15, -0.1) is 0 Å². The zero-order valence-electron chi connectivity index (χ0n) is 10.7. The zero-order valence-corrected chi connectivity index (χ0v) is 11.5. The van der Waals surface area contributed by atoms with Crippen molar-refractivity contribution in [1.82, 2.24) is 9.97 Å². The van der Waals surface area contributed by atoms with E-state index in [1.54, 1.807) is 13.8 Å². The molecule has 0 saturated carbocycles. The van der Waals surface area contributed by atoms with Crippen molar-refractivity contribution in [3.63, 3.8) is 0 Å². The maximum Gasteiger partial charge on any atom is 0.346 e. The molecule has 0 aliphatic rings. The molecule has 1 aromatic heterocycles. The van der Waals surface area contributed by atoms with E-state index in [-0.39, 0.29) is 22.9 Å². The number of aromatic carboxylic acids is 1. The van der Waals surface area contributed by atoms with Gasteiger partial charge in [0.1, 0.15) is 15.8 Å². The van der Waals surface area contributed by atoms with Crippen molar-refractivity contribution in [2.24, 2.45) is 0 Å². The summed E-state index contributed by atoms with van der Waals surface area (Å²) >= 11 is 0.888. The van der Waals surface area contributed by atoms with E-state index >= 15 is 0 Å².